The summed E-state index contributed by atoms with van der Waals surface area (Å²) in [5.41, 5.74) is 0. The van der Waals surface area contributed by atoms with E-state index in [0.717, 1.165) is 51.4 Å². The summed E-state index contributed by atoms with van der Waals surface area (Å²) in [5.74, 6) is -0.876. The topological polar surface area (TPSA) is 112 Å². The van der Waals surface area contributed by atoms with Gasteiger partial charge in [0.25, 0.3) is 0 Å². The largest absolute Gasteiger partial charge is 0.472 e. The van der Waals surface area contributed by atoms with Crippen LogP contribution >= 0.6 is 7.82 Å². The SMILES string of the molecule is CC/C=C\C/C=C\C/C=C\C/C=C\C/C=C\CCCC(=O)OC(COC(=O)CCCCCCCCCCC/C=C\CCCCCCCC)COP(=O)(O)OCCN(C)C. The third kappa shape index (κ3) is 44.8. The maximum atomic E-state index is 12.7. The zero-order valence-corrected chi connectivity index (χ0v) is 38.8. The number of phosphoric acid groups is 1. The standard InChI is InChI=1S/C49H86NO8P/c1-5-7-9-11-13-15-17-19-21-23-24-26-27-29-31-33-35-37-39-41-48(51)55-45-47(46-57-59(53,54)56-44-43-50(3)4)58-49(52)42-40-38-36-34-32-30-28-25-22-20-18-16-14-12-10-8-6-2/h8,10,14,16,19-22,28,30,34,36,47H,5-7,9,11-13,15,17-18,23-27,29,31-33,35,37-46H2,1-4H3,(H,53,54)/b10-8-,16-14-,21-19-,22-20-,30-28-,36-34-. The minimum absolute atomic E-state index is 0.00667. The molecule has 2 atom stereocenters. The highest BCUT2D eigenvalue weighted by Crippen LogP contribution is 2.43. The van der Waals surface area contributed by atoms with Gasteiger partial charge in [-0.05, 0) is 91.1 Å². The number of nitrogens with zero attached hydrogens (tertiary/aromatic N) is 1. The minimum Gasteiger partial charge on any atom is -0.462 e. The number of phosphoric ester groups is 1. The Morgan fingerprint density at radius 3 is 1.51 bits per heavy atom. The van der Waals surface area contributed by atoms with E-state index in [4.69, 9.17) is 18.5 Å². The van der Waals surface area contributed by atoms with E-state index in [-0.39, 0.29) is 32.0 Å². The number of carbonyl (C=O) groups excluding carboxylic acids is 2. The lowest BCUT2D eigenvalue weighted by atomic mass is 10.1. The van der Waals surface area contributed by atoms with E-state index in [1.807, 2.05) is 25.1 Å². The van der Waals surface area contributed by atoms with Crippen molar-refractivity contribution in [1.29, 1.82) is 0 Å². The Kier molecular flexibility index (Phi) is 41.7. The van der Waals surface area contributed by atoms with E-state index in [1.54, 1.807) is 0 Å². The summed E-state index contributed by atoms with van der Waals surface area (Å²) in [6.45, 7) is 4.13. The van der Waals surface area contributed by atoms with E-state index in [0.29, 0.717) is 19.4 Å². The van der Waals surface area contributed by atoms with Gasteiger partial charge in [0.15, 0.2) is 6.10 Å². The number of carbonyl (C=O) groups is 2. The number of allylic oxidation sites excluding steroid dienone is 12. The molecule has 59 heavy (non-hydrogen) atoms. The molecule has 0 aliphatic heterocycles. The third-order valence-electron chi connectivity index (χ3n) is 9.50. The Morgan fingerprint density at radius 2 is 0.983 bits per heavy atom. The highest BCUT2D eigenvalue weighted by atomic mass is 31.2. The molecule has 9 nitrogen and oxygen atoms in total. The van der Waals surface area contributed by atoms with Crippen molar-refractivity contribution in [1.82, 2.24) is 4.90 Å². The lowest BCUT2D eigenvalue weighted by molar-refractivity contribution is -0.161. The van der Waals surface area contributed by atoms with Crippen LogP contribution in [0.15, 0.2) is 72.9 Å². The molecular formula is C49H86NO8P. The monoisotopic (exact) mass is 848 g/mol. The average molecular weight is 848 g/mol. The lowest BCUT2D eigenvalue weighted by Crippen LogP contribution is -2.29. The Hall–Kier alpha value is -2.55. The van der Waals surface area contributed by atoms with Gasteiger partial charge in [-0.2, -0.15) is 0 Å². The first-order valence-corrected chi connectivity index (χ1v) is 24.7. The van der Waals surface area contributed by atoms with Crippen LogP contribution in [0.4, 0.5) is 0 Å². The van der Waals surface area contributed by atoms with Crippen LogP contribution in [-0.4, -0.2) is 68.3 Å². The van der Waals surface area contributed by atoms with Crippen LogP contribution in [0.3, 0.4) is 0 Å². The molecule has 0 heterocycles. The molecule has 0 aromatic heterocycles. The minimum atomic E-state index is -4.38. The van der Waals surface area contributed by atoms with Gasteiger partial charge in [-0.25, -0.2) is 4.57 Å². The molecule has 0 aromatic carbocycles. The molecule has 10 heteroatoms. The molecule has 340 valence electrons. The second-order valence-electron chi connectivity index (χ2n) is 15.5. The zero-order valence-electron chi connectivity index (χ0n) is 37.9. The van der Waals surface area contributed by atoms with E-state index >= 15 is 0 Å². The number of likely N-dealkylation sites (N-methyl/N-ethyl adjacent to an activating group) is 1. The van der Waals surface area contributed by atoms with Crippen LogP contribution in [0, 0.1) is 0 Å². The highest BCUT2D eigenvalue weighted by molar-refractivity contribution is 7.47. The van der Waals surface area contributed by atoms with Gasteiger partial charge in [0, 0.05) is 19.4 Å². The zero-order chi connectivity index (χ0) is 43.3. The average Bonchev–Trinajstić information content (AvgIpc) is 3.20. The van der Waals surface area contributed by atoms with E-state index in [2.05, 4.69) is 80.7 Å². The van der Waals surface area contributed by atoms with Crippen molar-refractivity contribution in [3.05, 3.63) is 72.9 Å². The molecule has 0 aliphatic carbocycles. The first-order chi connectivity index (χ1) is 28.7. The van der Waals surface area contributed by atoms with Gasteiger partial charge in [-0.15, -0.1) is 0 Å². The van der Waals surface area contributed by atoms with Crippen LogP contribution in [0.1, 0.15) is 181 Å². The van der Waals surface area contributed by atoms with Gasteiger partial charge in [0.1, 0.15) is 6.61 Å². The van der Waals surface area contributed by atoms with Gasteiger partial charge in [0.05, 0.1) is 13.2 Å². The first-order valence-electron chi connectivity index (χ1n) is 23.2. The van der Waals surface area contributed by atoms with Gasteiger partial charge < -0.3 is 19.3 Å². The number of unbranched alkanes of at least 4 members (excludes halogenated alkanes) is 16. The number of ether oxygens (including phenoxy) is 2. The second-order valence-corrected chi connectivity index (χ2v) is 17.0. The molecule has 0 saturated carbocycles. The van der Waals surface area contributed by atoms with Gasteiger partial charge in [-0.3, -0.25) is 18.6 Å². The van der Waals surface area contributed by atoms with Crippen LogP contribution in [-0.2, 0) is 32.7 Å². The summed E-state index contributed by atoms with van der Waals surface area (Å²) in [4.78, 5) is 37.1. The summed E-state index contributed by atoms with van der Waals surface area (Å²) >= 11 is 0. The quantitative estimate of drug-likeness (QED) is 0.0278. The normalized spacial score (nSPS) is 14.0. The summed E-state index contributed by atoms with van der Waals surface area (Å²) in [5, 5.41) is 0. The fourth-order valence-electron chi connectivity index (χ4n) is 5.95. The van der Waals surface area contributed by atoms with Gasteiger partial charge >= 0.3 is 19.8 Å². The van der Waals surface area contributed by atoms with Gasteiger partial charge in [-0.1, -0.05) is 164 Å². The number of hydrogen-bond donors (Lipinski definition) is 1. The van der Waals surface area contributed by atoms with Crippen LogP contribution < -0.4 is 0 Å². The number of hydrogen-bond acceptors (Lipinski definition) is 8. The van der Waals surface area contributed by atoms with Crippen LogP contribution in [0.25, 0.3) is 0 Å². The van der Waals surface area contributed by atoms with Crippen molar-refractivity contribution in [2.75, 3.05) is 40.5 Å². The molecule has 0 rings (SSSR count). The molecule has 2 unspecified atom stereocenters. The van der Waals surface area contributed by atoms with Crippen molar-refractivity contribution in [2.45, 2.75) is 187 Å². The van der Waals surface area contributed by atoms with Crippen molar-refractivity contribution in [2.24, 2.45) is 0 Å². The second kappa shape index (κ2) is 43.5. The molecule has 0 aromatic rings. The molecule has 1 N–H and O–H groups in total. The predicted molar refractivity (Wildman–Crippen MR) is 247 cm³/mol. The van der Waals surface area contributed by atoms with Crippen LogP contribution in [0.2, 0.25) is 0 Å². The summed E-state index contributed by atoms with van der Waals surface area (Å²) < 4.78 is 33.5. The Balaban J connectivity index is 4.34. The maximum absolute atomic E-state index is 12.7. The molecule has 0 saturated heterocycles. The molecule has 0 radical (unpaired) electrons. The molecule has 0 aliphatic rings. The van der Waals surface area contributed by atoms with Crippen molar-refractivity contribution >= 4 is 19.8 Å². The predicted octanol–water partition coefficient (Wildman–Crippen LogP) is 13.7. The Labute approximate surface area is 361 Å². The molecule has 0 bridgehead atoms. The first kappa shape index (κ1) is 56.5. The highest BCUT2D eigenvalue weighted by Gasteiger charge is 2.26. The fourth-order valence-corrected chi connectivity index (χ4v) is 6.69. The molecule has 0 fully saturated rings. The molecule has 0 amide bonds. The fraction of sp³-hybridized carbons (Fsp3) is 0.714. The summed E-state index contributed by atoms with van der Waals surface area (Å²) in [6, 6.07) is 0. The van der Waals surface area contributed by atoms with E-state index < -0.39 is 26.5 Å². The number of rotatable bonds is 42. The Bertz CT molecular complexity index is 1210. The summed E-state index contributed by atoms with van der Waals surface area (Å²) in [7, 11) is -0.749. The van der Waals surface area contributed by atoms with Crippen LogP contribution in [0.5, 0.6) is 0 Å². The van der Waals surface area contributed by atoms with E-state index in [1.165, 1.54) is 89.9 Å². The maximum Gasteiger partial charge on any atom is 0.472 e. The lowest BCUT2D eigenvalue weighted by Gasteiger charge is -2.20. The van der Waals surface area contributed by atoms with Gasteiger partial charge in [0.2, 0.25) is 0 Å². The molecular weight excluding hydrogens is 762 g/mol. The Morgan fingerprint density at radius 1 is 0.542 bits per heavy atom. The smallest absolute Gasteiger partial charge is 0.462 e. The van der Waals surface area contributed by atoms with Crippen molar-refractivity contribution < 1.29 is 37.6 Å². The third-order valence-corrected chi connectivity index (χ3v) is 10.5. The van der Waals surface area contributed by atoms with Crippen molar-refractivity contribution in [3.63, 3.8) is 0 Å². The van der Waals surface area contributed by atoms with E-state index in [9.17, 15) is 19.0 Å². The summed E-state index contributed by atoms with van der Waals surface area (Å²) in [6.07, 6.45) is 52.4. The van der Waals surface area contributed by atoms with Crippen molar-refractivity contribution in [3.8, 4) is 0 Å². The number of esters is 2. The molecule has 0 spiro atoms.